The van der Waals surface area contributed by atoms with Crippen LogP contribution in [0.3, 0.4) is 0 Å². The Bertz CT molecular complexity index is 886. The van der Waals surface area contributed by atoms with Crippen LogP contribution < -0.4 is 4.80 Å². The van der Waals surface area contributed by atoms with Crippen molar-refractivity contribution in [2.75, 3.05) is 0 Å². The second-order valence-electron chi connectivity index (χ2n) is 7.62. The van der Waals surface area contributed by atoms with Gasteiger partial charge in [0.25, 0.3) is 5.91 Å². The molecule has 0 radical (unpaired) electrons. The predicted molar refractivity (Wildman–Crippen MR) is 94.7 cm³/mol. The van der Waals surface area contributed by atoms with Gasteiger partial charge in [-0.25, -0.2) is 8.78 Å². The van der Waals surface area contributed by atoms with Gasteiger partial charge in [-0.05, 0) is 43.2 Å². The van der Waals surface area contributed by atoms with Crippen LogP contribution in [0.25, 0.3) is 0 Å². The summed E-state index contributed by atoms with van der Waals surface area (Å²) in [6, 6.07) is 3.58. The first-order valence-electron chi connectivity index (χ1n) is 8.42. The molecule has 25 heavy (non-hydrogen) atoms. The second kappa shape index (κ2) is 6.48. The lowest BCUT2D eigenvalue weighted by Gasteiger charge is -2.17. The Labute approximate surface area is 150 Å². The average molecular weight is 364 g/mol. The van der Waals surface area contributed by atoms with E-state index in [9.17, 15) is 13.6 Å². The van der Waals surface area contributed by atoms with Gasteiger partial charge in [-0.3, -0.25) is 4.79 Å². The topological polar surface area (TPSA) is 34.4 Å². The lowest BCUT2D eigenvalue weighted by molar-refractivity contribution is 0.0993. The number of aromatic nitrogens is 1. The third-order valence-electron chi connectivity index (χ3n) is 4.36. The molecule has 1 aromatic heterocycles. The highest BCUT2D eigenvalue weighted by Gasteiger charge is 2.27. The number of nitrogens with zero attached hydrogens (tertiary/aromatic N) is 2. The van der Waals surface area contributed by atoms with E-state index in [0.717, 1.165) is 23.2 Å². The third-order valence-corrected chi connectivity index (χ3v) is 5.96. The number of carbonyl (C=O) groups is 1. The van der Waals surface area contributed by atoms with Crippen LogP contribution in [-0.2, 0) is 12.0 Å². The van der Waals surface area contributed by atoms with Crippen molar-refractivity contribution in [3.8, 4) is 0 Å². The molecular weight excluding hydrogens is 342 g/mol. The molecule has 1 aromatic carbocycles. The van der Waals surface area contributed by atoms with E-state index < -0.39 is 17.5 Å². The van der Waals surface area contributed by atoms with Gasteiger partial charge in [0.1, 0.15) is 0 Å². The van der Waals surface area contributed by atoms with Crippen LogP contribution in [0, 0.1) is 24.5 Å². The van der Waals surface area contributed by atoms with E-state index in [4.69, 9.17) is 0 Å². The maximum absolute atomic E-state index is 13.9. The zero-order chi connectivity index (χ0) is 18.4. The van der Waals surface area contributed by atoms with E-state index in [-0.39, 0.29) is 11.0 Å². The number of hydrogen-bond acceptors (Lipinski definition) is 2. The minimum absolute atomic E-state index is 0.0685. The summed E-state index contributed by atoms with van der Waals surface area (Å²) >= 11 is 1.46. The Hall–Kier alpha value is -1.82. The van der Waals surface area contributed by atoms with Crippen molar-refractivity contribution < 1.29 is 13.6 Å². The van der Waals surface area contributed by atoms with Crippen LogP contribution >= 0.6 is 11.3 Å². The Morgan fingerprint density at radius 2 is 2.00 bits per heavy atom. The fourth-order valence-corrected chi connectivity index (χ4v) is 4.05. The molecule has 1 amide bonds. The molecule has 1 saturated carbocycles. The summed E-state index contributed by atoms with van der Waals surface area (Å²) < 4.78 is 29.3. The van der Waals surface area contributed by atoms with E-state index in [1.165, 1.54) is 36.3 Å². The summed E-state index contributed by atoms with van der Waals surface area (Å²) in [4.78, 5) is 18.3. The molecule has 1 heterocycles. The molecule has 3 nitrogen and oxygen atoms in total. The highest BCUT2D eigenvalue weighted by Crippen LogP contribution is 2.33. The van der Waals surface area contributed by atoms with Crippen LogP contribution in [-0.4, -0.2) is 10.5 Å². The third kappa shape index (κ3) is 3.73. The largest absolute Gasteiger partial charge is 0.320 e. The van der Waals surface area contributed by atoms with Crippen molar-refractivity contribution in [1.29, 1.82) is 0 Å². The first-order chi connectivity index (χ1) is 11.7. The van der Waals surface area contributed by atoms with Crippen LogP contribution in [0.15, 0.2) is 23.2 Å². The molecule has 1 aliphatic carbocycles. The van der Waals surface area contributed by atoms with E-state index in [1.807, 2.05) is 6.92 Å². The summed E-state index contributed by atoms with van der Waals surface area (Å²) in [5, 5.41) is 0. The summed E-state index contributed by atoms with van der Waals surface area (Å²) in [5.41, 5.74) is 0.693. The Kier molecular flexibility index (Phi) is 4.66. The SMILES string of the molecule is Cc1c(C(C)(C)C)sc(=NC(=O)c2cccc(F)c2F)n1CC1CC1. The standard InChI is InChI=1S/C19H22F2N2OS/c1-11-16(19(2,3)4)25-18(23(11)10-12-8-9-12)22-17(24)13-6-5-7-14(20)15(13)21/h5-7,12H,8-10H2,1-4H3. The highest BCUT2D eigenvalue weighted by molar-refractivity contribution is 7.09. The van der Waals surface area contributed by atoms with Crippen molar-refractivity contribution in [1.82, 2.24) is 4.57 Å². The minimum atomic E-state index is -1.14. The van der Waals surface area contributed by atoms with Crippen LogP contribution in [0.4, 0.5) is 8.78 Å². The molecule has 3 rings (SSSR count). The van der Waals surface area contributed by atoms with E-state index in [2.05, 4.69) is 30.3 Å². The number of benzene rings is 1. The Balaban J connectivity index is 2.09. The van der Waals surface area contributed by atoms with Crippen molar-refractivity contribution in [2.24, 2.45) is 10.9 Å². The van der Waals surface area contributed by atoms with Gasteiger partial charge in [-0.2, -0.15) is 4.99 Å². The lowest BCUT2D eigenvalue weighted by Crippen LogP contribution is -2.20. The van der Waals surface area contributed by atoms with E-state index in [1.54, 1.807) is 0 Å². The first kappa shape index (κ1) is 18.0. The smallest absolute Gasteiger partial charge is 0.282 e. The second-order valence-corrected chi connectivity index (χ2v) is 8.60. The van der Waals surface area contributed by atoms with E-state index in [0.29, 0.717) is 10.7 Å². The zero-order valence-electron chi connectivity index (χ0n) is 14.9. The number of halogens is 2. The van der Waals surface area contributed by atoms with Gasteiger partial charge in [0.15, 0.2) is 16.4 Å². The average Bonchev–Trinajstić information content (AvgIpc) is 3.28. The molecule has 0 saturated heterocycles. The summed E-state index contributed by atoms with van der Waals surface area (Å²) in [6.07, 6.45) is 2.36. The Morgan fingerprint density at radius 1 is 1.32 bits per heavy atom. The van der Waals surface area contributed by atoms with Gasteiger partial charge in [-0.15, -0.1) is 11.3 Å². The molecule has 0 atom stereocenters. The maximum atomic E-state index is 13.9. The molecule has 1 aliphatic rings. The van der Waals surface area contributed by atoms with E-state index >= 15 is 0 Å². The monoisotopic (exact) mass is 364 g/mol. The molecule has 6 heteroatoms. The van der Waals surface area contributed by atoms with Crippen molar-refractivity contribution in [3.05, 3.63) is 50.8 Å². The number of thiazole rings is 1. The van der Waals surface area contributed by atoms with Gasteiger partial charge >= 0.3 is 0 Å². The number of hydrogen-bond donors (Lipinski definition) is 0. The normalized spacial score (nSPS) is 15.7. The fraction of sp³-hybridized carbons (Fsp3) is 0.474. The molecule has 134 valence electrons. The predicted octanol–water partition coefficient (Wildman–Crippen LogP) is 4.58. The van der Waals surface area contributed by atoms with Gasteiger partial charge in [0, 0.05) is 17.1 Å². The quantitative estimate of drug-likeness (QED) is 0.785. The fourth-order valence-electron chi connectivity index (χ4n) is 2.85. The minimum Gasteiger partial charge on any atom is -0.320 e. The summed E-state index contributed by atoms with van der Waals surface area (Å²) in [6.45, 7) is 9.20. The van der Waals surface area contributed by atoms with Gasteiger partial charge in [0.05, 0.1) is 5.56 Å². The van der Waals surface area contributed by atoms with Gasteiger partial charge in [-0.1, -0.05) is 26.8 Å². The van der Waals surface area contributed by atoms with Crippen LogP contribution in [0.2, 0.25) is 0 Å². The molecular formula is C19H22F2N2OS. The lowest BCUT2D eigenvalue weighted by atomic mass is 9.93. The van der Waals surface area contributed by atoms with Gasteiger partial charge < -0.3 is 4.57 Å². The molecule has 2 aromatic rings. The zero-order valence-corrected chi connectivity index (χ0v) is 15.7. The van der Waals surface area contributed by atoms with Crippen LogP contribution in [0.5, 0.6) is 0 Å². The highest BCUT2D eigenvalue weighted by atomic mass is 32.1. The summed E-state index contributed by atoms with van der Waals surface area (Å²) in [7, 11) is 0. The van der Waals surface area contributed by atoms with Crippen LogP contribution in [0.1, 0.15) is 54.5 Å². The first-order valence-corrected chi connectivity index (χ1v) is 9.24. The molecule has 0 spiro atoms. The number of carbonyl (C=O) groups excluding carboxylic acids is 1. The van der Waals surface area contributed by atoms with Crippen molar-refractivity contribution in [2.45, 2.75) is 52.5 Å². The van der Waals surface area contributed by atoms with Gasteiger partial charge in [0.2, 0.25) is 0 Å². The Morgan fingerprint density at radius 3 is 2.60 bits per heavy atom. The van der Waals surface area contributed by atoms with Crippen molar-refractivity contribution in [3.63, 3.8) is 0 Å². The summed E-state index contributed by atoms with van der Waals surface area (Å²) in [5.74, 6) is -2.32. The number of rotatable bonds is 3. The van der Waals surface area contributed by atoms with Crippen molar-refractivity contribution >= 4 is 17.2 Å². The number of amides is 1. The molecule has 0 bridgehead atoms. The molecule has 0 N–H and O–H groups in total. The molecule has 1 fully saturated rings. The maximum Gasteiger partial charge on any atom is 0.282 e. The molecule has 0 unspecified atom stereocenters. The molecule has 0 aliphatic heterocycles.